The third-order valence-electron chi connectivity index (χ3n) is 4.27. The van der Waals surface area contributed by atoms with Crippen LogP contribution in [-0.2, 0) is 0 Å². The third kappa shape index (κ3) is 1.79. The predicted molar refractivity (Wildman–Crippen MR) is 100 cm³/mol. The van der Waals surface area contributed by atoms with Gasteiger partial charge in [-0.3, -0.25) is 0 Å². The van der Waals surface area contributed by atoms with Crippen LogP contribution in [0.4, 0.5) is 0 Å². The Balaban J connectivity index is 1.96. The lowest BCUT2D eigenvalue weighted by Gasteiger charge is -1.98. The molecule has 0 amide bonds. The fraction of sp³-hybridized carbons (Fsp3) is 0.0526. The first-order chi connectivity index (χ1) is 11.2. The van der Waals surface area contributed by atoms with Crippen LogP contribution in [0.1, 0.15) is 0 Å². The van der Waals surface area contributed by atoms with Gasteiger partial charge in [0.05, 0.1) is 16.5 Å². The molecule has 5 rings (SSSR count). The van der Waals surface area contributed by atoms with E-state index in [0.29, 0.717) is 5.75 Å². The van der Waals surface area contributed by atoms with E-state index in [0.717, 1.165) is 10.4 Å². The highest BCUT2D eigenvalue weighted by Crippen LogP contribution is 2.45. The minimum atomic E-state index is 0.321. The monoisotopic (exact) mass is 336 g/mol. The summed E-state index contributed by atoms with van der Waals surface area (Å²) in [6, 6.07) is 16.3. The molecule has 3 aromatic carbocycles. The Hall–Kier alpha value is -2.30. The highest BCUT2D eigenvalue weighted by Gasteiger charge is 2.13. The molecule has 5 aromatic rings. The lowest BCUT2D eigenvalue weighted by Crippen LogP contribution is -1.79. The summed E-state index contributed by atoms with van der Waals surface area (Å²) in [5.74, 6) is 1.21. The second-order valence-corrected chi connectivity index (χ2v) is 7.67. The molecule has 4 heteroatoms. The van der Waals surface area contributed by atoms with Gasteiger partial charge in [0.15, 0.2) is 0 Å². The Morgan fingerprint density at radius 1 is 0.739 bits per heavy atom. The van der Waals surface area contributed by atoms with Crippen molar-refractivity contribution in [3.63, 3.8) is 0 Å². The van der Waals surface area contributed by atoms with Crippen molar-refractivity contribution in [3.8, 4) is 11.5 Å². The van der Waals surface area contributed by atoms with Crippen LogP contribution in [0.3, 0.4) is 0 Å². The fourth-order valence-electron chi connectivity index (χ4n) is 3.16. The summed E-state index contributed by atoms with van der Waals surface area (Å²) >= 11 is 3.56. The number of thiophene rings is 2. The van der Waals surface area contributed by atoms with Crippen LogP contribution in [0.15, 0.2) is 48.5 Å². The Kier molecular flexibility index (Phi) is 2.63. The molecule has 0 radical (unpaired) electrons. The molecule has 0 atom stereocenters. The lowest BCUT2D eigenvalue weighted by atomic mass is 10.1. The number of hydrogen-bond acceptors (Lipinski definition) is 4. The van der Waals surface area contributed by atoms with Gasteiger partial charge >= 0.3 is 0 Å². The minimum Gasteiger partial charge on any atom is -0.508 e. The smallest absolute Gasteiger partial charge is 0.120 e. The van der Waals surface area contributed by atoms with Crippen LogP contribution in [0.2, 0.25) is 0 Å². The third-order valence-corrected chi connectivity index (χ3v) is 6.77. The molecule has 2 nitrogen and oxygen atoms in total. The molecule has 2 aromatic heterocycles. The molecule has 0 aliphatic carbocycles. The van der Waals surface area contributed by atoms with Crippen LogP contribution >= 0.6 is 22.7 Å². The summed E-state index contributed by atoms with van der Waals surface area (Å²) in [6.07, 6.45) is 0. The largest absolute Gasteiger partial charge is 0.508 e. The van der Waals surface area contributed by atoms with Crippen LogP contribution in [0.5, 0.6) is 11.5 Å². The van der Waals surface area contributed by atoms with Gasteiger partial charge in [0, 0.05) is 30.9 Å². The normalized spacial score (nSPS) is 11.9. The second kappa shape index (κ2) is 4.60. The summed E-state index contributed by atoms with van der Waals surface area (Å²) in [5, 5.41) is 14.8. The average molecular weight is 336 g/mol. The zero-order valence-corrected chi connectivity index (χ0v) is 13.9. The van der Waals surface area contributed by atoms with Crippen molar-refractivity contribution in [2.45, 2.75) is 0 Å². The van der Waals surface area contributed by atoms with Gasteiger partial charge in [0.2, 0.25) is 0 Å². The van der Waals surface area contributed by atoms with Gasteiger partial charge in [0.25, 0.3) is 0 Å². The molecule has 112 valence electrons. The number of phenols is 1. The number of aromatic hydroxyl groups is 1. The number of fused-ring (bicyclic) bond motifs is 7. The van der Waals surface area contributed by atoms with Crippen LogP contribution < -0.4 is 4.74 Å². The fourth-order valence-corrected chi connectivity index (χ4v) is 5.77. The number of rotatable bonds is 1. The second-order valence-electron chi connectivity index (χ2n) is 5.57. The summed E-state index contributed by atoms with van der Waals surface area (Å²) in [6.45, 7) is 0. The predicted octanol–water partition coefficient (Wildman–Crippen LogP) is 6.14. The van der Waals surface area contributed by atoms with E-state index in [1.807, 2.05) is 29.5 Å². The summed E-state index contributed by atoms with van der Waals surface area (Å²) in [4.78, 5) is 0. The Bertz CT molecular complexity index is 1210. The molecule has 2 heterocycles. The van der Waals surface area contributed by atoms with Gasteiger partial charge in [-0.2, -0.15) is 0 Å². The van der Waals surface area contributed by atoms with Crippen LogP contribution in [-0.4, -0.2) is 12.2 Å². The maximum Gasteiger partial charge on any atom is 0.120 e. The van der Waals surface area contributed by atoms with E-state index in [1.165, 1.54) is 35.6 Å². The van der Waals surface area contributed by atoms with Gasteiger partial charge in [-0.05, 0) is 36.4 Å². The van der Waals surface area contributed by atoms with E-state index in [2.05, 4.69) is 24.3 Å². The topological polar surface area (TPSA) is 29.5 Å². The van der Waals surface area contributed by atoms with Crippen molar-refractivity contribution in [1.82, 2.24) is 0 Å². The maximum absolute atomic E-state index is 9.74. The summed E-state index contributed by atoms with van der Waals surface area (Å²) < 4.78 is 10.3. The molecule has 0 saturated carbocycles. The zero-order valence-electron chi connectivity index (χ0n) is 12.3. The number of ether oxygens (including phenoxy) is 1. The Labute approximate surface area is 140 Å². The minimum absolute atomic E-state index is 0.321. The van der Waals surface area contributed by atoms with E-state index in [1.54, 1.807) is 24.5 Å². The summed E-state index contributed by atoms with van der Waals surface area (Å²) in [7, 11) is 1.70. The van der Waals surface area contributed by atoms with Gasteiger partial charge in [-0.1, -0.05) is 12.1 Å². The highest BCUT2D eigenvalue weighted by atomic mass is 32.1. The average Bonchev–Trinajstić information content (AvgIpc) is 3.11. The number of methoxy groups -OCH3 is 1. The zero-order chi connectivity index (χ0) is 15.6. The van der Waals surface area contributed by atoms with Crippen molar-refractivity contribution in [3.05, 3.63) is 48.5 Å². The van der Waals surface area contributed by atoms with Gasteiger partial charge in [-0.25, -0.2) is 0 Å². The van der Waals surface area contributed by atoms with E-state index in [9.17, 15) is 5.11 Å². The molecule has 0 bridgehead atoms. The van der Waals surface area contributed by atoms with Crippen molar-refractivity contribution >= 4 is 63.0 Å². The van der Waals surface area contributed by atoms with Gasteiger partial charge in [0.1, 0.15) is 11.5 Å². The SMILES string of the molecule is COc1ccc2c(c1)sc1c2ccc2c3ccc(O)cc3sc21. The van der Waals surface area contributed by atoms with Crippen LogP contribution in [0.25, 0.3) is 40.3 Å². The maximum atomic E-state index is 9.74. The molecule has 0 aliphatic heterocycles. The lowest BCUT2D eigenvalue weighted by molar-refractivity contribution is 0.415. The van der Waals surface area contributed by atoms with E-state index in [4.69, 9.17) is 4.74 Å². The van der Waals surface area contributed by atoms with Gasteiger partial charge < -0.3 is 9.84 Å². The molecule has 23 heavy (non-hydrogen) atoms. The van der Waals surface area contributed by atoms with Gasteiger partial charge in [-0.15, -0.1) is 22.7 Å². The summed E-state index contributed by atoms with van der Waals surface area (Å²) in [5.41, 5.74) is 0. The molecule has 0 fully saturated rings. The highest BCUT2D eigenvalue weighted by molar-refractivity contribution is 7.33. The van der Waals surface area contributed by atoms with Crippen molar-refractivity contribution in [2.75, 3.05) is 7.11 Å². The quantitative estimate of drug-likeness (QED) is 0.398. The number of phenolic OH excluding ortho intramolecular Hbond substituents is 1. The molecule has 0 saturated heterocycles. The molecular formula is C19H12O2S2. The van der Waals surface area contributed by atoms with Crippen molar-refractivity contribution in [2.24, 2.45) is 0 Å². The Morgan fingerprint density at radius 2 is 1.30 bits per heavy atom. The number of hydrogen-bond donors (Lipinski definition) is 1. The van der Waals surface area contributed by atoms with Crippen LogP contribution in [0, 0.1) is 0 Å². The number of benzene rings is 3. The van der Waals surface area contributed by atoms with Crippen molar-refractivity contribution < 1.29 is 9.84 Å². The molecule has 0 aliphatic rings. The molecule has 0 spiro atoms. The first-order valence-corrected chi connectivity index (χ1v) is 8.92. The van der Waals surface area contributed by atoms with E-state index >= 15 is 0 Å². The molecular weight excluding hydrogens is 324 g/mol. The van der Waals surface area contributed by atoms with E-state index < -0.39 is 0 Å². The standard InChI is InChI=1S/C19H12O2S2/c1-21-11-3-5-13-15-7-6-14-12-4-2-10(20)8-16(12)22-18(14)19(15)23-17(13)9-11/h2-9,20H,1H3. The Morgan fingerprint density at radius 3 is 1.96 bits per heavy atom. The molecule has 1 N–H and O–H groups in total. The van der Waals surface area contributed by atoms with E-state index in [-0.39, 0.29) is 0 Å². The van der Waals surface area contributed by atoms with Crippen molar-refractivity contribution in [1.29, 1.82) is 0 Å². The molecule has 0 unspecified atom stereocenters. The first-order valence-electron chi connectivity index (χ1n) is 7.29. The first kappa shape index (κ1) is 13.2.